The van der Waals surface area contributed by atoms with Gasteiger partial charge in [-0.05, 0) is 43.2 Å². The highest BCUT2D eigenvalue weighted by Gasteiger charge is 2.41. The van der Waals surface area contributed by atoms with Gasteiger partial charge in [0.1, 0.15) is 5.75 Å². The number of carbonyl (C=O) groups is 1. The topological polar surface area (TPSA) is 119 Å². The Bertz CT molecular complexity index is 916. The van der Waals surface area contributed by atoms with Crippen molar-refractivity contribution in [1.82, 2.24) is 14.7 Å². The van der Waals surface area contributed by atoms with Crippen molar-refractivity contribution in [3.05, 3.63) is 23.8 Å². The van der Waals surface area contributed by atoms with Crippen LogP contribution in [-0.2, 0) is 19.6 Å². The third-order valence-electron chi connectivity index (χ3n) is 6.97. The molecule has 3 unspecified atom stereocenters. The smallest absolute Gasteiger partial charge is 0.303 e. The first-order chi connectivity index (χ1) is 14.8. The van der Waals surface area contributed by atoms with Crippen molar-refractivity contribution >= 4 is 16.0 Å². The Hall–Kier alpha value is -1.72. The average Bonchev–Trinajstić information content (AvgIpc) is 3.15. The summed E-state index contributed by atoms with van der Waals surface area (Å²) in [5.74, 6) is -0.911. The number of sulfonamides is 1. The van der Waals surface area contributed by atoms with Gasteiger partial charge in [0.05, 0.1) is 17.4 Å². The van der Waals surface area contributed by atoms with Crippen molar-refractivity contribution in [2.75, 3.05) is 33.3 Å². The predicted octanol–water partition coefficient (Wildman–Crippen LogP) is 1.35. The van der Waals surface area contributed by atoms with Gasteiger partial charge in [-0.3, -0.25) is 10.2 Å². The van der Waals surface area contributed by atoms with Crippen LogP contribution in [0.2, 0.25) is 0 Å². The number of nitrogens with one attached hydrogen (secondary N) is 1. The van der Waals surface area contributed by atoms with E-state index in [0.29, 0.717) is 44.5 Å². The number of hydrogen-bond donors (Lipinski definition) is 3. The van der Waals surface area contributed by atoms with Gasteiger partial charge in [0.2, 0.25) is 10.0 Å². The van der Waals surface area contributed by atoms with E-state index in [1.54, 1.807) is 19.2 Å². The van der Waals surface area contributed by atoms with E-state index in [0.717, 1.165) is 13.0 Å². The van der Waals surface area contributed by atoms with Crippen molar-refractivity contribution in [2.45, 2.75) is 55.1 Å². The number of phenolic OH excluding ortho intramolecular Hbond substituents is 1. The molecule has 3 atom stereocenters. The van der Waals surface area contributed by atoms with Crippen LogP contribution in [0.1, 0.15) is 43.6 Å². The molecule has 1 aromatic carbocycles. The number of fused-ring (bicyclic) bond motifs is 1. The fourth-order valence-corrected chi connectivity index (χ4v) is 7.03. The maximum absolute atomic E-state index is 13.5. The van der Waals surface area contributed by atoms with Crippen LogP contribution in [0.25, 0.3) is 0 Å². The minimum Gasteiger partial charge on any atom is -0.508 e. The van der Waals surface area contributed by atoms with Gasteiger partial charge in [-0.2, -0.15) is 4.31 Å². The molecule has 3 aliphatic rings. The number of aromatic hydroxyl groups is 1. The minimum atomic E-state index is -3.76. The maximum Gasteiger partial charge on any atom is 0.303 e. The van der Waals surface area contributed by atoms with Crippen LogP contribution in [0.3, 0.4) is 0 Å². The Kier molecular flexibility index (Phi) is 6.55. The number of aliphatic carboxylic acids is 1. The summed E-state index contributed by atoms with van der Waals surface area (Å²) in [5, 5.41) is 21.4. The average molecular weight is 454 g/mol. The molecule has 3 N–H and O–H groups in total. The molecule has 3 fully saturated rings. The molecule has 0 aliphatic carbocycles. The first kappa shape index (κ1) is 22.5. The summed E-state index contributed by atoms with van der Waals surface area (Å²) < 4.78 is 33.9. The number of carboxylic acids is 1. The zero-order valence-electron chi connectivity index (χ0n) is 17.7. The van der Waals surface area contributed by atoms with Crippen LogP contribution in [0.4, 0.5) is 0 Å². The number of ether oxygens (including phenoxy) is 1. The van der Waals surface area contributed by atoms with E-state index in [1.165, 1.54) is 10.4 Å². The van der Waals surface area contributed by atoms with E-state index in [9.17, 15) is 23.4 Å². The lowest BCUT2D eigenvalue weighted by molar-refractivity contribution is -0.138. The number of hydrazine groups is 1. The second kappa shape index (κ2) is 9.03. The normalized spacial score (nSPS) is 28.5. The summed E-state index contributed by atoms with van der Waals surface area (Å²) in [6.07, 6.45) is 2.91. The first-order valence-corrected chi connectivity index (χ1v) is 12.3. The van der Waals surface area contributed by atoms with Crippen LogP contribution in [-0.4, -0.2) is 79.3 Å². The van der Waals surface area contributed by atoms with Gasteiger partial charge in [0.15, 0.2) is 0 Å². The lowest BCUT2D eigenvalue weighted by Crippen LogP contribution is -2.44. The molecule has 0 spiro atoms. The standard InChI is InChI=1S/C21H31N3O6S/c1-30-17-5-7-23(8-6-17)31(28,29)20-12-16(25)2-3-18(20)14-4-9-24-19(10-14)15(13-22-24)11-21(26)27/h2-3,12,14-15,17,19,22,25H,4-11,13H2,1H3,(H,26,27). The molecule has 3 heterocycles. The van der Waals surface area contributed by atoms with Crippen molar-refractivity contribution in [3.63, 3.8) is 0 Å². The molecular formula is C21H31N3O6S. The molecule has 1 aromatic rings. The number of nitrogens with zero attached hydrogens (tertiary/aromatic N) is 2. The molecule has 0 aromatic heterocycles. The Balaban J connectivity index is 1.59. The summed E-state index contributed by atoms with van der Waals surface area (Å²) in [4.78, 5) is 11.4. The molecule has 0 radical (unpaired) electrons. The Morgan fingerprint density at radius 1 is 1.23 bits per heavy atom. The van der Waals surface area contributed by atoms with Gasteiger partial charge < -0.3 is 14.9 Å². The lowest BCUT2D eigenvalue weighted by atomic mass is 9.81. The van der Waals surface area contributed by atoms with E-state index in [-0.39, 0.29) is 41.0 Å². The molecular weight excluding hydrogens is 422 g/mol. The molecule has 3 saturated heterocycles. The lowest BCUT2D eigenvalue weighted by Gasteiger charge is -2.37. The summed E-state index contributed by atoms with van der Waals surface area (Å²) in [6.45, 7) is 2.13. The SMILES string of the molecule is COC1CCN(S(=O)(=O)c2cc(O)ccc2C2CCN3NCC(CC(=O)O)C3C2)CC1. The third kappa shape index (κ3) is 4.58. The quantitative estimate of drug-likeness (QED) is 0.591. The third-order valence-corrected chi connectivity index (χ3v) is 8.93. The number of benzene rings is 1. The fraction of sp³-hybridized carbons (Fsp3) is 0.667. The number of hydrogen-bond acceptors (Lipinski definition) is 7. The molecule has 9 nitrogen and oxygen atoms in total. The van der Waals surface area contributed by atoms with Crippen molar-refractivity contribution in [3.8, 4) is 5.75 Å². The van der Waals surface area contributed by atoms with Gasteiger partial charge >= 0.3 is 5.97 Å². The maximum atomic E-state index is 13.5. The van der Waals surface area contributed by atoms with Gasteiger partial charge in [-0.15, -0.1) is 0 Å². The van der Waals surface area contributed by atoms with Crippen molar-refractivity contribution in [1.29, 1.82) is 0 Å². The summed E-state index contributed by atoms with van der Waals surface area (Å²) >= 11 is 0. The molecule has 4 rings (SSSR count). The highest BCUT2D eigenvalue weighted by Crippen LogP contribution is 2.40. The second-order valence-corrected chi connectivity index (χ2v) is 10.7. The number of rotatable bonds is 6. The number of methoxy groups -OCH3 is 1. The van der Waals surface area contributed by atoms with E-state index in [4.69, 9.17) is 4.74 Å². The van der Waals surface area contributed by atoms with E-state index in [2.05, 4.69) is 10.4 Å². The number of piperidine rings is 2. The molecule has 3 aliphatic heterocycles. The summed E-state index contributed by atoms with van der Waals surface area (Å²) in [7, 11) is -2.11. The van der Waals surface area contributed by atoms with Gasteiger partial charge in [-0.1, -0.05) is 6.07 Å². The molecule has 0 bridgehead atoms. The fourth-order valence-electron chi connectivity index (χ4n) is 5.26. The number of carboxylic acid groups (broad SMARTS) is 1. The van der Waals surface area contributed by atoms with Crippen LogP contribution in [0.15, 0.2) is 23.1 Å². The van der Waals surface area contributed by atoms with Crippen LogP contribution < -0.4 is 5.43 Å². The van der Waals surface area contributed by atoms with E-state index < -0.39 is 16.0 Å². The minimum absolute atomic E-state index is 0.00876. The Labute approximate surface area is 183 Å². The molecule has 31 heavy (non-hydrogen) atoms. The summed E-state index contributed by atoms with van der Waals surface area (Å²) in [5.41, 5.74) is 4.01. The predicted molar refractivity (Wildman–Crippen MR) is 113 cm³/mol. The van der Waals surface area contributed by atoms with E-state index in [1.807, 2.05) is 0 Å². The molecule has 172 valence electrons. The number of phenols is 1. The Morgan fingerprint density at radius 3 is 2.65 bits per heavy atom. The first-order valence-electron chi connectivity index (χ1n) is 10.9. The Morgan fingerprint density at radius 2 is 1.97 bits per heavy atom. The molecule has 0 amide bonds. The van der Waals surface area contributed by atoms with Crippen LogP contribution in [0, 0.1) is 5.92 Å². The van der Waals surface area contributed by atoms with E-state index >= 15 is 0 Å². The van der Waals surface area contributed by atoms with Crippen LogP contribution in [0.5, 0.6) is 5.75 Å². The van der Waals surface area contributed by atoms with Gasteiger partial charge in [0.25, 0.3) is 0 Å². The molecule has 10 heteroatoms. The van der Waals surface area contributed by atoms with Crippen molar-refractivity contribution in [2.24, 2.45) is 5.92 Å². The van der Waals surface area contributed by atoms with Crippen molar-refractivity contribution < 1.29 is 28.2 Å². The monoisotopic (exact) mass is 453 g/mol. The summed E-state index contributed by atoms with van der Waals surface area (Å²) in [6, 6.07) is 4.68. The largest absolute Gasteiger partial charge is 0.508 e. The highest BCUT2D eigenvalue weighted by molar-refractivity contribution is 7.89. The second-order valence-electron chi connectivity index (χ2n) is 8.76. The highest BCUT2D eigenvalue weighted by atomic mass is 32.2. The van der Waals surface area contributed by atoms with Gasteiger partial charge in [0, 0.05) is 51.3 Å². The zero-order chi connectivity index (χ0) is 22.2. The molecule has 0 saturated carbocycles. The van der Waals surface area contributed by atoms with Crippen LogP contribution >= 0.6 is 0 Å². The zero-order valence-corrected chi connectivity index (χ0v) is 18.6. The van der Waals surface area contributed by atoms with Gasteiger partial charge in [-0.25, -0.2) is 13.4 Å².